The monoisotopic (exact) mass is 203 g/mol. The molecule has 78 valence electrons. The van der Waals surface area contributed by atoms with Gasteiger partial charge in [0.2, 0.25) is 0 Å². The summed E-state index contributed by atoms with van der Waals surface area (Å²) in [6.45, 7) is 0.682. The van der Waals surface area contributed by atoms with Gasteiger partial charge in [-0.3, -0.25) is 0 Å². The normalized spacial score (nSPS) is 10.1. The van der Waals surface area contributed by atoms with Gasteiger partial charge in [-0.2, -0.15) is 4.79 Å². The molecule has 15 heavy (non-hydrogen) atoms. The smallest absolute Gasteiger partial charge is 0.170 e. The Morgan fingerprint density at radius 2 is 1.93 bits per heavy atom. The van der Waals surface area contributed by atoms with Crippen LogP contribution in [0.25, 0.3) is 0 Å². The predicted octanol–water partition coefficient (Wildman–Crippen LogP) is 0.791. The van der Waals surface area contributed by atoms with Crippen LogP contribution in [0.4, 0.5) is 11.5 Å². The molecule has 1 aromatic heterocycles. The second-order valence-electron chi connectivity index (χ2n) is 3.23. The molecule has 0 fully saturated rings. The van der Waals surface area contributed by atoms with E-state index in [0.717, 1.165) is 0 Å². The first-order chi connectivity index (χ1) is 7.25. The van der Waals surface area contributed by atoms with Gasteiger partial charge >= 0.3 is 0 Å². The number of nitrogens with zero attached hydrogens (tertiary/aromatic N) is 2. The molecule has 2 rings (SSSR count). The topological polar surface area (TPSA) is 81.9 Å². The molecule has 0 atom stereocenters. The third kappa shape index (κ3) is 2.19. The summed E-state index contributed by atoms with van der Waals surface area (Å²) in [6, 6.07) is 10.0. The maximum absolute atomic E-state index is 5.56. The highest BCUT2D eigenvalue weighted by atomic mass is 15.6. The zero-order valence-corrected chi connectivity index (χ0v) is 8.22. The summed E-state index contributed by atoms with van der Waals surface area (Å²) in [7, 11) is 0. The Balaban J connectivity index is 1.99. The molecule has 2 aromatic rings. The van der Waals surface area contributed by atoms with Gasteiger partial charge in [0.1, 0.15) is 0 Å². The minimum absolute atomic E-state index is 0.343. The fraction of sp³-hybridized carbons (Fsp3) is 0.100. The van der Waals surface area contributed by atoms with Gasteiger partial charge in [-0.05, 0) is 5.56 Å². The number of nitrogens with one attached hydrogen (secondary N) is 1. The van der Waals surface area contributed by atoms with E-state index in [9.17, 15) is 0 Å². The first kappa shape index (κ1) is 9.39. The van der Waals surface area contributed by atoms with E-state index in [0.29, 0.717) is 18.1 Å². The van der Waals surface area contributed by atoms with E-state index in [2.05, 4.69) is 10.5 Å². The quantitative estimate of drug-likeness (QED) is 0.688. The van der Waals surface area contributed by atoms with E-state index in [1.807, 2.05) is 30.3 Å². The second-order valence-corrected chi connectivity index (χ2v) is 3.23. The first-order valence-corrected chi connectivity index (χ1v) is 4.64. The lowest BCUT2D eigenvalue weighted by molar-refractivity contribution is 0.735. The molecule has 0 aliphatic carbocycles. The van der Waals surface area contributed by atoms with Crippen LogP contribution < -0.4 is 16.9 Å². The van der Waals surface area contributed by atoms with Crippen LogP contribution in [0.5, 0.6) is 0 Å². The Kier molecular flexibility index (Phi) is 2.45. The number of hydrogen-bond donors (Lipinski definition) is 3. The summed E-state index contributed by atoms with van der Waals surface area (Å²) in [6.07, 6.45) is 1.65. The van der Waals surface area contributed by atoms with Crippen molar-refractivity contribution in [3.05, 3.63) is 42.1 Å². The number of benzene rings is 1. The maximum atomic E-state index is 5.56. The molecule has 0 saturated carbocycles. The van der Waals surface area contributed by atoms with Gasteiger partial charge in [0.15, 0.2) is 5.82 Å². The van der Waals surface area contributed by atoms with Gasteiger partial charge in [0, 0.05) is 0 Å². The van der Waals surface area contributed by atoms with Crippen molar-refractivity contribution in [3.63, 3.8) is 0 Å². The average molecular weight is 203 g/mol. The number of nitrogens with two attached hydrogens (primary N) is 2. The largest absolute Gasteiger partial charge is 0.394 e. The molecular formula is C10H13N5. The molecule has 5 heteroatoms. The van der Waals surface area contributed by atoms with Crippen LogP contribution in [0, 0.1) is 0 Å². The molecule has 5 nitrogen and oxygen atoms in total. The summed E-state index contributed by atoms with van der Waals surface area (Å²) in [5, 5.41) is 3.98. The highest BCUT2D eigenvalue weighted by Gasteiger charge is 2.00. The average Bonchev–Trinajstić information content (AvgIpc) is 2.57. The number of rotatable bonds is 3. The molecule has 0 unspecified atom stereocenters. The molecule has 0 bridgehead atoms. The molecule has 0 aliphatic heterocycles. The third-order valence-corrected chi connectivity index (χ3v) is 2.06. The molecule has 0 aliphatic rings. The van der Waals surface area contributed by atoms with Crippen LogP contribution in [0.3, 0.4) is 0 Å². The van der Waals surface area contributed by atoms with Crippen molar-refractivity contribution < 1.29 is 0 Å². The number of aromatic nitrogens is 2. The van der Waals surface area contributed by atoms with E-state index in [1.54, 1.807) is 6.20 Å². The number of nitrogen functional groups attached to an aromatic ring is 2. The maximum Gasteiger partial charge on any atom is 0.170 e. The van der Waals surface area contributed by atoms with E-state index in [-0.39, 0.29) is 0 Å². The minimum Gasteiger partial charge on any atom is -0.394 e. The summed E-state index contributed by atoms with van der Waals surface area (Å²) < 4.78 is 0. The lowest BCUT2D eigenvalue weighted by Gasteiger charge is -2.05. The predicted molar refractivity (Wildman–Crippen MR) is 60.6 cm³/mol. The van der Waals surface area contributed by atoms with Gasteiger partial charge in [0.05, 0.1) is 18.4 Å². The van der Waals surface area contributed by atoms with Gasteiger partial charge < -0.3 is 16.9 Å². The Morgan fingerprint density at radius 1 is 1.20 bits per heavy atom. The van der Waals surface area contributed by atoms with Crippen LogP contribution in [0.15, 0.2) is 36.5 Å². The highest BCUT2D eigenvalue weighted by Crippen LogP contribution is 2.09. The molecule has 1 heterocycles. The SMILES string of the molecule is Nc1cn(NCc2ccccc2)nc1N. The van der Waals surface area contributed by atoms with Crippen molar-refractivity contribution in [3.8, 4) is 0 Å². The van der Waals surface area contributed by atoms with Crippen molar-refractivity contribution in [2.75, 3.05) is 16.9 Å². The van der Waals surface area contributed by atoms with Crippen molar-refractivity contribution in [2.24, 2.45) is 0 Å². The molecule has 1 aromatic carbocycles. The molecule has 0 saturated heterocycles. The van der Waals surface area contributed by atoms with Crippen LogP contribution in [-0.4, -0.2) is 9.89 Å². The van der Waals surface area contributed by atoms with Crippen LogP contribution >= 0.6 is 0 Å². The highest BCUT2D eigenvalue weighted by molar-refractivity contribution is 5.56. The first-order valence-electron chi connectivity index (χ1n) is 4.64. The molecule has 5 N–H and O–H groups in total. The Labute approximate surface area is 87.7 Å². The van der Waals surface area contributed by atoms with E-state index in [4.69, 9.17) is 11.5 Å². The van der Waals surface area contributed by atoms with Crippen molar-refractivity contribution in [1.29, 1.82) is 0 Å². The summed E-state index contributed by atoms with van der Waals surface area (Å²) in [5.41, 5.74) is 15.8. The Morgan fingerprint density at radius 3 is 2.53 bits per heavy atom. The number of hydrogen-bond acceptors (Lipinski definition) is 4. The van der Waals surface area contributed by atoms with E-state index >= 15 is 0 Å². The Bertz CT molecular complexity index is 415. The van der Waals surface area contributed by atoms with E-state index in [1.165, 1.54) is 10.4 Å². The van der Waals surface area contributed by atoms with E-state index < -0.39 is 0 Å². The fourth-order valence-electron chi connectivity index (χ4n) is 1.25. The van der Waals surface area contributed by atoms with Crippen LogP contribution in [-0.2, 0) is 6.54 Å². The molecule has 0 amide bonds. The van der Waals surface area contributed by atoms with Crippen molar-refractivity contribution in [2.45, 2.75) is 6.54 Å². The van der Waals surface area contributed by atoms with Crippen LogP contribution in [0.1, 0.15) is 5.56 Å². The lowest BCUT2D eigenvalue weighted by atomic mass is 10.2. The standard InChI is InChI=1S/C10H13N5/c11-9-7-15(14-10(9)12)13-6-8-4-2-1-3-5-8/h1-5,7,13H,6,11H2,(H2,12,14). The molecule has 0 radical (unpaired) electrons. The number of anilines is 2. The van der Waals surface area contributed by atoms with Gasteiger partial charge in [-0.25, -0.2) is 0 Å². The summed E-state index contributed by atoms with van der Waals surface area (Å²) in [4.78, 5) is 1.53. The van der Waals surface area contributed by atoms with Gasteiger partial charge in [0.25, 0.3) is 0 Å². The van der Waals surface area contributed by atoms with Crippen molar-refractivity contribution >= 4 is 11.5 Å². The second kappa shape index (κ2) is 3.91. The third-order valence-electron chi connectivity index (χ3n) is 2.06. The van der Waals surface area contributed by atoms with Crippen molar-refractivity contribution in [1.82, 2.24) is 9.89 Å². The fourth-order valence-corrected chi connectivity index (χ4v) is 1.25. The minimum atomic E-state index is 0.343. The zero-order chi connectivity index (χ0) is 10.7. The summed E-state index contributed by atoms with van der Waals surface area (Å²) in [5.74, 6) is 0.343. The van der Waals surface area contributed by atoms with Crippen LogP contribution in [0.2, 0.25) is 0 Å². The van der Waals surface area contributed by atoms with Gasteiger partial charge in [-0.1, -0.05) is 30.3 Å². The Hall–Kier alpha value is -2.17. The van der Waals surface area contributed by atoms with Gasteiger partial charge in [-0.15, -0.1) is 5.10 Å². The lowest BCUT2D eigenvalue weighted by Crippen LogP contribution is -2.14. The zero-order valence-electron chi connectivity index (χ0n) is 8.22. The summed E-state index contributed by atoms with van der Waals surface area (Å²) >= 11 is 0. The molecular weight excluding hydrogens is 190 g/mol. The molecule has 0 spiro atoms.